The zero-order chi connectivity index (χ0) is 14.6. The first kappa shape index (κ1) is 15.4. The molecular weight excluding hydrogens is 254 g/mol. The Kier molecular flexibility index (Phi) is 5.07. The van der Waals surface area contributed by atoms with Gasteiger partial charge in [-0.3, -0.25) is 0 Å². The molecule has 1 unspecified atom stereocenters. The first-order chi connectivity index (χ1) is 9.56. The van der Waals surface area contributed by atoms with Gasteiger partial charge in [-0.05, 0) is 33.6 Å². The van der Waals surface area contributed by atoms with E-state index in [2.05, 4.69) is 22.2 Å². The van der Waals surface area contributed by atoms with Crippen LogP contribution in [0.1, 0.15) is 42.9 Å². The van der Waals surface area contributed by atoms with E-state index in [1.165, 1.54) is 0 Å². The molecule has 20 heavy (non-hydrogen) atoms. The second kappa shape index (κ2) is 6.61. The maximum atomic E-state index is 9.70. The first-order valence-electron chi connectivity index (χ1n) is 7.28. The fraction of sp³-hybridized carbons (Fsp3) is 0.733. The van der Waals surface area contributed by atoms with Crippen LogP contribution in [0, 0.1) is 19.3 Å². The molecule has 0 saturated carbocycles. The molecule has 2 N–H and O–H groups in total. The molecule has 0 aromatic carbocycles. The number of rotatable bonds is 5. The van der Waals surface area contributed by atoms with Gasteiger partial charge in [0.2, 0.25) is 0 Å². The van der Waals surface area contributed by atoms with Crippen molar-refractivity contribution in [1.82, 2.24) is 15.3 Å². The summed E-state index contributed by atoms with van der Waals surface area (Å²) in [4.78, 5) is 8.68. The smallest absolute Gasteiger partial charge is 0.125 e. The van der Waals surface area contributed by atoms with Crippen molar-refractivity contribution < 1.29 is 9.84 Å². The van der Waals surface area contributed by atoms with Crippen molar-refractivity contribution >= 4 is 0 Å². The van der Waals surface area contributed by atoms with Crippen LogP contribution in [0.15, 0.2) is 6.20 Å². The lowest BCUT2D eigenvalue weighted by Crippen LogP contribution is -2.42. The molecule has 1 aromatic rings. The van der Waals surface area contributed by atoms with Gasteiger partial charge in [-0.25, -0.2) is 9.97 Å². The third-order valence-electron chi connectivity index (χ3n) is 4.28. The molecule has 5 nitrogen and oxygen atoms in total. The molecule has 2 heterocycles. The average molecular weight is 279 g/mol. The van der Waals surface area contributed by atoms with Crippen LogP contribution >= 0.6 is 0 Å². The Morgan fingerprint density at radius 1 is 1.40 bits per heavy atom. The molecular formula is C15H25N3O2. The third kappa shape index (κ3) is 3.53. The van der Waals surface area contributed by atoms with E-state index in [-0.39, 0.29) is 18.1 Å². The Bertz CT molecular complexity index is 445. The van der Waals surface area contributed by atoms with Gasteiger partial charge >= 0.3 is 0 Å². The number of hydrogen-bond acceptors (Lipinski definition) is 5. The van der Waals surface area contributed by atoms with Gasteiger partial charge in [-0.1, -0.05) is 0 Å². The molecule has 1 fully saturated rings. The average Bonchev–Trinajstić information content (AvgIpc) is 2.46. The van der Waals surface area contributed by atoms with E-state index in [1.54, 1.807) is 0 Å². The molecule has 1 saturated heterocycles. The van der Waals surface area contributed by atoms with Crippen molar-refractivity contribution in [2.24, 2.45) is 5.41 Å². The fourth-order valence-corrected chi connectivity index (χ4v) is 2.69. The number of nitrogens with one attached hydrogen (secondary N) is 1. The van der Waals surface area contributed by atoms with E-state index < -0.39 is 0 Å². The van der Waals surface area contributed by atoms with E-state index in [1.807, 2.05) is 20.0 Å². The lowest BCUT2D eigenvalue weighted by molar-refractivity contribution is -0.0163. The van der Waals surface area contributed by atoms with Gasteiger partial charge in [0.15, 0.2) is 0 Å². The third-order valence-corrected chi connectivity index (χ3v) is 4.28. The molecule has 1 aliphatic rings. The largest absolute Gasteiger partial charge is 0.396 e. The van der Waals surface area contributed by atoms with Crippen LogP contribution in [0.4, 0.5) is 0 Å². The van der Waals surface area contributed by atoms with Gasteiger partial charge in [0.05, 0.1) is 6.61 Å². The quantitative estimate of drug-likeness (QED) is 0.855. The molecule has 0 aliphatic carbocycles. The molecule has 0 amide bonds. The van der Waals surface area contributed by atoms with Gasteiger partial charge in [0.25, 0.3) is 0 Å². The number of nitrogens with zero attached hydrogens (tertiary/aromatic N) is 2. The molecule has 0 radical (unpaired) electrons. The summed E-state index contributed by atoms with van der Waals surface area (Å²) < 4.78 is 5.39. The zero-order valence-corrected chi connectivity index (χ0v) is 12.6. The van der Waals surface area contributed by atoms with E-state index in [9.17, 15) is 5.11 Å². The minimum Gasteiger partial charge on any atom is -0.396 e. The Morgan fingerprint density at radius 3 is 2.70 bits per heavy atom. The minimum atomic E-state index is -0.0496. The van der Waals surface area contributed by atoms with E-state index in [0.717, 1.165) is 49.7 Å². The van der Waals surface area contributed by atoms with Crippen LogP contribution in [0.5, 0.6) is 0 Å². The summed E-state index contributed by atoms with van der Waals surface area (Å²) in [6, 6.07) is 0.182. The van der Waals surface area contributed by atoms with Crippen molar-refractivity contribution in [2.75, 3.05) is 26.4 Å². The number of aliphatic hydroxyl groups is 1. The molecule has 112 valence electrons. The second-order valence-corrected chi connectivity index (χ2v) is 5.83. The van der Waals surface area contributed by atoms with Crippen molar-refractivity contribution in [3.05, 3.63) is 23.3 Å². The lowest BCUT2D eigenvalue weighted by Gasteiger charge is -2.36. The Labute approximate surface area is 120 Å². The number of aryl methyl sites for hydroxylation is 2. The standard InChI is InChI=1S/C15H25N3O2/c1-11(14-8-16-13(3)18-12(14)2)17-9-15(10-19)4-6-20-7-5-15/h8,11,17,19H,4-7,9-10H2,1-3H3. The van der Waals surface area contributed by atoms with Crippen LogP contribution in [0.3, 0.4) is 0 Å². The maximum Gasteiger partial charge on any atom is 0.125 e. The summed E-state index contributed by atoms with van der Waals surface area (Å²) >= 11 is 0. The monoisotopic (exact) mass is 279 g/mol. The van der Waals surface area contributed by atoms with Crippen LogP contribution < -0.4 is 5.32 Å². The molecule has 2 rings (SSSR count). The summed E-state index contributed by atoms with van der Waals surface area (Å²) in [6.45, 7) is 8.51. The molecule has 5 heteroatoms. The summed E-state index contributed by atoms with van der Waals surface area (Å²) in [6.07, 6.45) is 3.71. The Hall–Kier alpha value is -1.04. The molecule has 1 aromatic heterocycles. The lowest BCUT2D eigenvalue weighted by atomic mass is 9.80. The second-order valence-electron chi connectivity index (χ2n) is 5.83. The van der Waals surface area contributed by atoms with Crippen LogP contribution in [-0.2, 0) is 4.74 Å². The summed E-state index contributed by atoms with van der Waals surface area (Å²) in [5.74, 6) is 0.801. The number of aliphatic hydroxyl groups excluding tert-OH is 1. The fourth-order valence-electron chi connectivity index (χ4n) is 2.69. The number of aromatic nitrogens is 2. The van der Waals surface area contributed by atoms with E-state index in [4.69, 9.17) is 4.74 Å². The molecule has 1 atom stereocenters. The predicted molar refractivity (Wildman–Crippen MR) is 77.5 cm³/mol. The number of ether oxygens (including phenoxy) is 1. The summed E-state index contributed by atoms with van der Waals surface area (Å²) in [5, 5.41) is 13.2. The first-order valence-corrected chi connectivity index (χ1v) is 7.28. The zero-order valence-electron chi connectivity index (χ0n) is 12.6. The molecule has 0 spiro atoms. The highest BCUT2D eigenvalue weighted by molar-refractivity contribution is 5.19. The summed E-state index contributed by atoms with van der Waals surface area (Å²) in [7, 11) is 0. The predicted octanol–water partition coefficient (Wildman–Crippen LogP) is 1.53. The molecule has 1 aliphatic heterocycles. The highest BCUT2D eigenvalue weighted by Gasteiger charge is 2.32. The van der Waals surface area contributed by atoms with Crippen molar-refractivity contribution in [3.8, 4) is 0 Å². The molecule has 0 bridgehead atoms. The maximum absolute atomic E-state index is 9.70. The highest BCUT2D eigenvalue weighted by atomic mass is 16.5. The summed E-state index contributed by atoms with van der Waals surface area (Å²) in [5.41, 5.74) is 2.09. The number of hydrogen-bond donors (Lipinski definition) is 2. The van der Waals surface area contributed by atoms with Crippen LogP contribution in [0.2, 0.25) is 0 Å². The Balaban J connectivity index is 1.98. The van der Waals surface area contributed by atoms with E-state index >= 15 is 0 Å². The van der Waals surface area contributed by atoms with Crippen molar-refractivity contribution in [2.45, 2.75) is 39.7 Å². The van der Waals surface area contributed by atoms with Crippen molar-refractivity contribution in [3.63, 3.8) is 0 Å². The van der Waals surface area contributed by atoms with Gasteiger partial charge in [-0.2, -0.15) is 0 Å². The van der Waals surface area contributed by atoms with E-state index in [0.29, 0.717) is 0 Å². The van der Waals surface area contributed by atoms with Gasteiger partial charge in [0.1, 0.15) is 5.82 Å². The van der Waals surface area contributed by atoms with Gasteiger partial charge in [-0.15, -0.1) is 0 Å². The van der Waals surface area contributed by atoms with Gasteiger partial charge in [0, 0.05) is 48.7 Å². The van der Waals surface area contributed by atoms with Crippen LogP contribution in [0.25, 0.3) is 0 Å². The minimum absolute atomic E-state index is 0.0496. The normalized spacial score (nSPS) is 19.8. The van der Waals surface area contributed by atoms with Gasteiger partial charge < -0.3 is 15.2 Å². The topological polar surface area (TPSA) is 67.3 Å². The SMILES string of the molecule is Cc1ncc(C(C)NCC2(CO)CCOCC2)c(C)n1. The van der Waals surface area contributed by atoms with Crippen molar-refractivity contribution in [1.29, 1.82) is 0 Å². The van der Waals surface area contributed by atoms with Crippen LogP contribution in [-0.4, -0.2) is 41.4 Å². The highest BCUT2D eigenvalue weighted by Crippen LogP contribution is 2.30. The Morgan fingerprint density at radius 2 is 2.10 bits per heavy atom.